The van der Waals surface area contributed by atoms with Gasteiger partial charge in [0.25, 0.3) is 0 Å². The summed E-state index contributed by atoms with van der Waals surface area (Å²) in [7, 11) is -0.257. The van der Waals surface area contributed by atoms with E-state index in [4.69, 9.17) is 14.5 Å². The molecule has 208 valence electrons. The van der Waals surface area contributed by atoms with Crippen LogP contribution in [-0.4, -0.2) is 59.5 Å². The van der Waals surface area contributed by atoms with Crippen molar-refractivity contribution in [3.63, 3.8) is 0 Å². The van der Waals surface area contributed by atoms with Crippen molar-refractivity contribution in [3.8, 4) is 17.0 Å². The first kappa shape index (κ1) is 26.4. The highest BCUT2D eigenvalue weighted by atomic mass is 32.2. The predicted octanol–water partition coefficient (Wildman–Crippen LogP) is 4.86. The topological polar surface area (TPSA) is 101 Å². The number of aromatic nitrogens is 5. The molecule has 1 fully saturated rings. The molecule has 0 bridgehead atoms. The van der Waals surface area contributed by atoms with Crippen molar-refractivity contribution < 1.29 is 22.3 Å². The number of nitrogens with zero attached hydrogens (tertiary/aromatic N) is 5. The summed E-state index contributed by atoms with van der Waals surface area (Å²) in [6, 6.07) is 11.5. The van der Waals surface area contributed by atoms with Crippen molar-refractivity contribution in [2.24, 2.45) is 13.0 Å². The molecular weight excluding hydrogens is 533 g/mol. The molecule has 1 aliphatic rings. The van der Waals surface area contributed by atoms with Gasteiger partial charge in [-0.2, -0.15) is 0 Å². The van der Waals surface area contributed by atoms with Gasteiger partial charge in [0.15, 0.2) is 9.84 Å². The molecule has 0 N–H and O–H groups in total. The Labute approximate surface area is 231 Å². The minimum absolute atomic E-state index is 0.0288. The predicted molar refractivity (Wildman–Crippen MR) is 150 cm³/mol. The normalized spacial score (nSPS) is 15.6. The molecule has 4 heterocycles. The van der Waals surface area contributed by atoms with Gasteiger partial charge < -0.3 is 14.0 Å². The summed E-state index contributed by atoms with van der Waals surface area (Å²) in [5, 5.41) is 9.02. The summed E-state index contributed by atoms with van der Waals surface area (Å²) < 4.78 is 56.3. The van der Waals surface area contributed by atoms with E-state index in [1.165, 1.54) is 25.5 Å². The number of rotatable bonds is 6. The monoisotopic (exact) mass is 563 g/mol. The van der Waals surface area contributed by atoms with E-state index in [2.05, 4.69) is 10.3 Å². The minimum Gasteiger partial charge on any atom is -0.496 e. The molecule has 0 saturated carbocycles. The van der Waals surface area contributed by atoms with Gasteiger partial charge in [0.05, 0.1) is 51.4 Å². The van der Waals surface area contributed by atoms with Gasteiger partial charge in [-0.25, -0.2) is 17.5 Å². The van der Waals surface area contributed by atoms with Crippen LogP contribution in [0.4, 0.5) is 4.39 Å². The molecule has 0 spiro atoms. The van der Waals surface area contributed by atoms with E-state index >= 15 is 4.39 Å². The Hall–Kier alpha value is -3.83. The molecule has 0 unspecified atom stereocenters. The van der Waals surface area contributed by atoms with Crippen LogP contribution in [0.25, 0.3) is 33.2 Å². The first-order chi connectivity index (χ1) is 19.2. The van der Waals surface area contributed by atoms with Crippen molar-refractivity contribution >= 4 is 31.8 Å². The van der Waals surface area contributed by atoms with Crippen molar-refractivity contribution in [2.75, 3.05) is 26.6 Å². The van der Waals surface area contributed by atoms with Gasteiger partial charge >= 0.3 is 0 Å². The van der Waals surface area contributed by atoms with E-state index in [-0.39, 0.29) is 16.6 Å². The highest BCUT2D eigenvalue weighted by Crippen LogP contribution is 2.45. The Balaban J connectivity index is 1.77. The smallest absolute Gasteiger partial charge is 0.175 e. The molecular formula is C29H30FN5O4S. The Morgan fingerprint density at radius 3 is 2.52 bits per heavy atom. The Morgan fingerprint density at radius 2 is 1.88 bits per heavy atom. The summed E-state index contributed by atoms with van der Waals surface area (Å²) in [5.74, 6) is 0.0941. The Bertz CT molecular complexity index is 1840. The quantitative estimate of drug-likeness (QED) is 0.291. The summed E-state index contributed by atoms with van der Waals surface area (Å²) in [6.45, 7) is 3.01. The van der Waals surface area contributed by atoms with E-state index < -0.39 is 15.9 Å². The van der Waals surface area contributed by atoms with Crippen LogP contribution in [0.1, 0.15) is 30.1 Å². The fourth-order valence-corrected chi connectivity index (χ4v) is 6.62. The molecule has 1 atom stereocenters. The van der Waals surface area contributed by atoms with Crippen molar-refractivity contribution in [1.29, 1.82) is 0 Å². The second kappa shape index (κ2) is 9.97. The van der Waals surface area contributed by atoms with Crippen LogP contribution in [0.2, 0.25) is 0 Å². The largest absolute Gasteiger partial charge is 0.496 e. The second-order valence-electron chi connectivity index (χ2n) is 10.3. The maximum absolute atomic E-state index is 15.6. The Morgan fingerprint density at radius 1 is 1.12 bits per heavy atom. The van der Waals surface area contributed by atoms with Crippen LogP contribution in [0.3, 0.4) is 0 Å². The molecule has 6 rings (SSSR count). The second-order valence-corrected chi connectivity index (χ2v) is 12.3. The van der Waals surface area contributed by atoms with Gasteiger partial charge in [0, 0.05) is 43.8 Å². The lowest BCUT2D eigenvalue weighted by Gasteiger charge is -2.33. The lowest BCUT2D eigenvalue weighted by Crippen LogP contribution is -2.27. The third-order valence-corrected chi connectivity index (χ3v) is 8.90. The average Bonchev–Trinajstić information content (AvgIpc) is 3.45. The molecule has 0 aliphatic carbocycles. The fraction of sp³-hybridized carbons (Fsp3) is 0.345. The zero-order chi connectivity index (χ0) is 28.2. The number of hydrogen-bond donors (Lipinski definition) is 0. The first-order valence-corrected chi connectivity index (χ1v) is 15.0. The summed E-state index contributed by atoms with van der Waals surface area (Å²) in [4.78, 5) is 4.99. The number of halogens is 1. The number of ether oxygens (including phenoxy) is 2. The maximum Gasteiger partial charge on any atom is 0.175 e. The van der Waals surface area contributed by atoms with Crippen LogP contribution in [0.5, 0.6) is 5.75 Å². The fourth-order valence-electron chi connectivity index (χ4n) is 5.97. The molecule has 0 radical (unpaired) electrons. The van der Waals surface area contributed by atoms with Gasteiger partial charge in [-0.1, -0.05) is 23.4 Å². The maximum atomic E-state index is 15.6. The van der Waals surface area contributed by atoms with Crippen LogP contribution < -0.4 is 4.74 Å². The number of benzene rings is 2. The van der Waals surface area contributed by atoms with Crippen LogP contribution in [0, 0.1) is 18.7 Å². The SMILES string of the molecule is COc1cc(S(C)(=O)=O)cc2c1c1ncc(-c3c(C)nnn3C)cc1n2[C@H](c1ccccc1F)C1CCOCC1. The standard InChI is InChI=1S/C29H30FN5O4S/c1-17-28(34(2)33-32-17)19-13-24-27(31-16-19)26-23(14-20(40(4,36)37)15-25(26)38-3)35(24)29(18-9-11-39-12-10-18)21-7-5-6-8-22(21)30/h5-8,13-16,18,29H,9-12H2,1-4H3/t29-/m0/s1. The summed E-state index contributed by atoms with van der Waals surface area (Å²) in [5.41, 5.74) is 4.86. The third kappa shape index (κ3) is 4.33. The number of hydrogen-bond acceptors (Lipinski definition) is 7. The van der Waals surface area contributed by atoms with Crippen LogP contribution >= 0.6 is 0 Å². The van der Waals surface area contributed by atoms with Crippen molar-refractivity contribution in [1.82, 2.24) is 24.5 Å². The number of aryl methyl sites for hydroxylation is 2. The van der Waals surface area contributed by atoms with Crippen LogP contribution in [0.15, 0.2) is 53.6 Å². The molecule has 11 heteroatoms. The number of methoxy groups -OCH3 is 1. The molecule has 40 heavy (non-hydrogen) atoms. The summed E-state index contributed by atoms with van der Waals surface area (Å²) in [6.07, 6.45) is 4.37. The lowest BCUT2D eigenvalue weighted by molar-refractivity contribution is 0.0548. The van der Waals surface area contributed by atoms with Crippen molar-refractivity contribution in [2.45, 2.75) is 30.7 Å². The summed E-state index contributed by atoms with van der Waals surface area (Å²) >= 11 is 0. The zero-order valence-electron chi connectivity index (χ0n) is 22.8. The number of pyridine rings is 1. The van der Waals surface area contributed by atoms with E-state index in [0.717, 1.165) is 35.3 Å². The van der Waals surface area contributed by atoms with Gasteiger partial charge in [-0.3, -0.25) is 4.98 Å². The minimum atomic E-state index is -3.59. The molecule has 2 aromatic carbocycles. The van der Waals surface area contributed by atoms with E-state index in [1.807, 2.05) is 30.7 Å². The molecule has 0 amide bonds. The number of fused-ring (bicyclic) bond motifs is 3. The Kier molecular flexibility index (Phi) is 6.58. The highest BCUT2D eigenvalue weighted by molar-refractivity contribution is 7.90. The lowest BCUT2D eigenvalue weighted by atomic mass is 9.86. The average molecular weight is 564 g/mol. The van der Waals surface area contributed by atoms with Gasteiger partial charge in [0.2, 0.25) is 0 Å². The molecule has 3 aromatic heterocycles. The van der Waals surface area contributed by atoms with E-state index in [1.54, 1.807) is 29.1 Å². The van der Waals surface area contributed by atoms with Gasteiger partial charge in [-0.05, 0) is 49.9 Å². The first-order valence-electron chi connectivity index (χ1n) is 13.1. The van der Waals surface area contributed by atoms with Crippen molar-refractivity contribution in [3.05, 3.63) is 65.7 Å². The zero-order valence-corrected chi connectivity index (χ0v) is 23.6. The molecule has 1 aliphatic heterocycles. The molecule has 1 saturated heterocycles. The molecule has 9 nitrogen and oxygen atoms in total. The third-order valence-electron chi connectivity index (χ3n) is 7.81. The van der Waals surface area contributed by atoms with Crippen LogP contribution in [-0.2, 0) is 21.6 Å². The van der Waals surface area contributed by atoms with Gasteiger partial charge in [-0.15, -0.1) is 5.10 Å². The van der Waals surface area contributed by atoms with E-state index in [0.29, 0.717) is 40.9 Å². The number of sulfone groups is 1. The molecule has 5 aromatic rings. The van der Waals surface area contributed by atoms with E-state index in [9.17, 15) is 8.42 Å². The van der Waals surface area contributed by atoms with Gasteiger partial charge in [0.1, 0.15) is 11.6 Å². The highest BCUT2D eigenvalue weighted by Gasteiger charge is 2.33.